The fourth-order valence-electron chi connectivity index (χ4n) is 3.68. The van der Waals surface area contributed by atoms with Crippen LogP contribution in [0.15, 0.2) is 42.5 Å². The molecule has 1 heterocycles. The lowest BCUT2D eigenvalue weighted by Gasteiger charge is -2.26. The highest BCUT2D eigenvalue weighted by Gasteiger charge is 2.13. The smallest absolute Gasteiger partial charge is 0.251 e. The van der Waals surface area contributed by atoms with Gasteiger partial charge in [-0.25, -0.2) is 0 Å². The molecule has 8 nitrogen and oxygen atoms in total. The van der Waals surface area contributed by atoms with Crippen LogP contribution in [0.2, 0.25) is 0 Å². The molecule has 1 aliphatic heterocycles. The molecule has 2 N–H and O–H groups in total. The zero-order valence-corrected chi connectivity index (χ0v) is 21.0. The zero-order valence-electron chi connectivity index (χ0n) is 21.0. The fraction of sp³-hybridized carbons (Fsp3) is 0.481. The van der Waals surface area contributed by atoms with Crippen LogP contribution in [-0.2, 0) is 16.1 Å². The highest BCUT2D eigenvalue weighted by atomic mass is 16.5. The molecule has 8 heteroatoms. The fourth-order valence-corrected chi connectivity index (χ4v) is 3.68. The summed E-state index contributed by atoms with van der Waals surface area (Å²) < 4.78 is 16.6. The molecule has 3 rings (SSSR count). The second-order valence-electron chi connectivity index (χ2n) is 9.03. The Morgan fingerprint density at radius 1 is 1.09 bits per heavy atom. The molecule has 0 spiro atoms. The van der Waals surface area contributed by atoms with E-state index in [4.69, 9.17) is 14.2 Å². The minimum absolute atomic E-state index is 0.0273. The number of hydrogen-bond acceptors (Lipinski definition) is 6. The van der Waals surface area contributed by atoms with Crippen molar-refractivity contribution in [3.63, 3.8) is 0 Å². The number of methoxy groups -OCH3 is 1. The van der Waals surface area contributed by atoms with Crippen molar-refractivity contribution >= 4 is 17.5 Å². The summed E-state index contributed by atoms with van der Waals surface area (Å²) in [5, 5.41) is 5.87. The van der Waals surface area contributed by atoms with Crippen molar-refractivity contribution in [1.82, 2.24) is 10.2 Å². The second kappa shape index (κ2) is 13.7. The van der Waals surface area contributed by atoms with Crippen LogP contribution < -0.4 is 20.1 Å². The monoisotopic (exact) mass is 483 g/mol. The molecule has 2 aromatic carbocycles. The summed E-state index contributed by atoms with van der Waals surface area (Å²) in [6, 6.07) is 12.7. The Morgan fingerprint density at radius 2 is 1.89 bits per heavy atom. The molecule has 35 heavy (non-hydrogen) atoms. The Hall–Kier alpha value is -3.10. The summed E-state index contributed by atoms with van der Waals surface area (Å²) >= 11 is 0. The van der Waals surface area contributed by atoms with E-state index in [-0.39, 0.29) is 11.8 Å². The maximum absolute atomic E-state index is 12.7. The summed E-state index contributed by atoms with van der Waals surface area (Å²) in [7, 11) is 1.56. The van der Waals surface area contributed by atoms with Crippen LogP contribution in [0.4, 0.5) is 5.69 Å². The van der Waals surface area contributed by atoms with Crippen molar-refractivity contribution < 1.29 is 23.8 Å². The first-order valence-electron chi connectivity index (χ1n) is 12.2. The minimum Gasteiger partial charge on any atom is -0.493 e. The number of benzene rings is 2. The van der Waals surface area contributed by atoms with Crippen LogP contribution >= 0.6 is 0 Å². The van der Waals surface area contributed by atoms with Gasteiger partial charge in [0.05, 0.1) is 26.9 Å². The predicted molar refractivity (Wildman–Crippen MR) is 136 cm³/mol. The van der Waals surface area contributed by atoms with E-state index in [0.717, 1.165) is 44.8 Å². The number of ether oxygens (including phenoxy) is 3. The van der Waals surface area contributed by atoms with Crippen LogP contribution in [0.25, 0.3) is 0 Å². The van der Waals surface area contributed by atoms with Gasteiger partial charge in [-0.15, -0.1) is 0 Å². The van der Waals surface area contributed by atoms with E-state index in [0.29, 0.717) is 48.2 Å². The molecule has 1 saturated heterocycles. The van der Waals surface area contributed by atoms with E-state index in [9.17, 15) is 9.59 Å². The number of anilines is 1. The Balaban J connectivity index is 1.49. The van der Waals surface area contributed by atoms with Gasteiger partial charge in [0.1, 0.15) is 0 Å². The summed E-state index contributed by atoms with van der Waals surface area (Å²) in [4.78, 5) is 27.3. The summed E-state index contributed by atoms with van der Waals surface area (Å²) in [5.74, 6) is 1.47. The van der Waals surface area contributed by atoms with E-state index in [1.54, 1.807) is 25.3 Å². The molecule has 2 aromatic rings. The van der Waals surface area contributed by atoms with Gasteiger partial charge in [-0.3, -0.25) is 14.5 Å². The Morgan fingerprint density at radius 3 is 2.63 bits per heavy atom. The Bertz CT molecular complexity index is 973. The third-order valence-corrected chi connectivity index (χ3v) is 5.80. The molecule has 0 aliphatic carbocycles. The summed E-state index contributed by atoms with van der Waals surface area (Å²) in [6.07, 6.45) is 1.37. The highest BCUT2D eigenvalue weighted by Crippen LogP contribution is 2.28. The number of amides is 2. The molecule has 0 saturated carbocycles. The van der Waals surface area contributed by atoms with E-state index in [2.05, 4.69) is 29.4 Å². The number of rotatable bonds is 12. The molecule has 2 amide bonds. The number of nitrogens with zero attached hydrogens (tertiary/aromatic N) is 1. The van der Waals surface area contributed by atoms with Crippen molar-refractivity contribution in [2.45, 2.75) is 33.2 Å². The van der Waals surface area contributed by atoms with Gasteiger partial charge in [0.25, 0.3) is 5.91 Å². The van der Waals surface area contributed by atoms with Crippen molar-refractivity contribution in [3.8, 4) is 11.5 Å². The standard InChI is InChI=1S/C27H37N3O5/c1-20(2)10-14-35-24-8-7-22(18-25(24)33-3)27(32)28-19-21-5-4-6-23(17-21)29-26(31)9-11-30-12-15-34-16-13-30/h4-8,17-18,20H,9-16,19H2,1-3H3,(H,28,32)(H,29,31). The van der Waals surface area contributed by atoms with E-state index in [1.807, 2.05) is 24.3 Å². The first-order chi connectivity index (χ1) is 16.9. The Kier molecular flexibility index (Phi) is 10.4. The SMILES string of the molecule is COc1cc(C(=O)NCc2cccc(NC(=O)CCN3CCOCC3)c2)ccc1OCCC(C)C. The predicted octanol–water partition coefficient (Wildman–Crippen LogP) is 3.71. The average Bonchev–Trinajstić information content (AvgIpc) is 2.87. The third-order valence-electron chi connectivity index (χ3n) is 5.80. The van der Waals surface area contributed by atoms with Crippen LogP contribution in [0, 0.1) is 5.92 Å². The van der Waals surface area contributed by atoms with Gasteiger partial charge in [-0.1, -0.05) is 26.0 Å². The number of nitrogens with one attached hydrogen (secondary N) is 2. The first kappa shape index (κ1) is 26.5. The lowest BCUT2D eigenvalue weighted by atomic mass is 10.1. The summed E-state index contributed by atoms with van der Waals surface area (Å²) in [5.41, 5.74) is 2.10. The van der Waals surface area contributed by atoms with Crippen LogP contribution in [0.3, 0.4) is 0 Å². The largest absolute Gasteiger partial charge is 0.493 e. The van der Waals surface area contributed by atoms with Gasteiger partial charge in [-0.2, -0.15) is 0 Å². The molecule has 0 radical (unpaired) electrons. The van der Waals surface area contributed by atoms with E-state index < -0.39 is 0 Å². The molecule has 1 fully saturated rings. The third kappa shape index (κ3) is 8.88. The minimum atomic E-state index is -0.211. The summed E-state index contributed by atoms with van der Waals surface area (Å²) in [6.45, 7) is 9.11. The average molecular weight is 484 g/mol. The van der Waals surface area contributed by atoms with Gasteiger partial charge in [0, 0.05) is 43.9 Å². The molecule has 0 aromatic heterocycles. The molecule has 1 aliphatic rings. The van der Waals surface area contributed by atoms with E-state index >= 15 is 0 Å². The number of morpholine rings is 1. The zero-order chi connectivity index (χ0) is 25.0. The van der Waals surface area contributed by atoms with Crippen molar-refractivity contribution in [1.29, 1.82) is 0 Å². The van der Waals surface area contributed by atoms with Crippen LogP contribution in [-0.4, -0.2) is 63.3 Å². The quantitative estimate of drug-likeness (QED) is 0.479. The van der Waals surface area contributed by atoms with Crippen LogP contribution in [0.5, 0.6) is 11.5 Å². The molecular formula is C27H37N3O5. The van der Waals surface area contributed by atoms with E-state index in [1.165, 1.54) is 0 Å². The van der Waals surface area contributed by atoms with Gasteiger partial charge >= 0.3 is 0 Å². The Labute approximate surface area is 207 Å². The molecular weight excluding hydrogens is 446 g/mol. The van der Waals surface area contributed by atoms with Gasteiger partial charge in [0.2, 0.25) is 5.91 Å². The van der Waals surface area contributed by atoms with Crippen molar-refractivity contribution in [3.05, 3.63) is 53.6 Å². The maximum atomic E-state index is 12.7. The lowest BCUT2D eigenvalue weighted by Crippen LogP contribution is -2.38. The maximum Gasteiger partial charge on any atom is 0.251 e. The number of hydrogen-bond donors (Lipinski definition) is 2. The van der Waals surface area contributed by atoms with Gasteiger partial charge in [0.15, 0.2) is 11.5 Å². The number of carbonyl (C=O) groups is 2. The molecule has 0 atom stereocenters. The first-order valence-corrected chi connectivity index (χ1v) is 12.2. The molecule has 0 unspecified atom stereocenters. The van der Waals surface area contributed by atoms with Crippen molar-refractivity contribution in [2.24, 2.45) is 5.92 Å². The topological polar surface area (TPSA) is 89.1 Å². The van der Waals surface area contributed by atoms with Crippen molar-refractivity contribution in [2.75, 3.05) is 51.9 Å². The molecule has 0 bridgehead atoms. The van der Waals surface area contributed by atoms with Gasteiger partial charge in [-0.05, 0) is 48.2 Å². The van der Waals surface area contributed by atoms with Crippen LogP contribution in [0.1, 0.15) is 42.6 Å². The molecule has 190 valence electrons. The van der Waals surface area contributed by atoms with Gasteiger partial charge < -0.3 is 24.8 Å². The lowest BCUT2D eigenvalue weighted by molar-refractivity contribution is -0.116. The second-order valence-corrected chi connectivity index (χ2v) is 9.03. The normalized spacial score (nSPS) is 13.9. The highest BCUT2D eigenvalue weighted by molar-refractivity contribution is 5.95. The number of carbonyl (C=O) groups excluding carboxylic acids is 2.